The standard InChI is InChI=1S/C18H21N3O7/c22-9-14-13(24)7-15(28-14)21-8-12(17(26)20-18(21)27)16(25)19-5-4-10-2-1-3-11(23)6-10/h1-3,6,8,13-15,22-24H,4-5,7,9H2,(H,19,25)(H,20,26,27)/t13-,14+,15+/m0/s1. The van der Waals surface area contributed by atoms with Crippen molar-refractivity contribution >= 4 is 5.91 Å². The summed E-state index contributed by atoms with van der Waals surface area (Å²) in [6, 6.07) is 6.58. The number of phenolic OH excluding ortho intramolecular Hbond substituents is 1. The highest BCUT2D eigenvalue weighted by atomic mass is 16.5. The van der Waals surface area contributed by atoms with Gasteiger partial charge in [-0.05, 0) is 24.1 Å². The maximum atomic E-state index is 12.4. The van der Waals surface area contributed by atoms with Crippen molar-refractivity contribution in [1.29, 1.82) is 0 Å². The van der Waals surface area contributed by atoms with Gasteiger partial charge >= 0.3 is 5.69 Å². The highest BCUT2D eigenvalue weighted by molar-refractivity contribution is 5.93. The normalized spacial score (nSPS) is 21.6. The Hall–Kier alpha value is -2.95. The molecule has 1 fully saturated rings. The van der Waals surface area contributed by atoms with Gasteiger partial charge in [-0.15, -0.1) is 0 Å². The minimum atomic E-state index is -0.964. The third-order valence-corrected chi connectivity index (χ3v) is 4.52. The number of phenols is 1. The lowest BCUT2D eigenvalue weighted by Crippen LogP contribution is -2.38. The topological polar surface area (TPSA) is 154 Å². The molecule has 1 aromatic heterocycles. The van der Waals surface area contributed by atoms with Crippen LogP contribution in [0.3, 0.4) is 0 Å². The van der Waals surface area contributed by atoms with Gasteiger partial charge in [0.2, 0.25) is 0 Å². The van der Waals surface area contributed by atoms with Crippen molar-refractivity contribution in [3.8, 4) is 5.75 Å². The number of aromatic nitrogens is 2. The van der Waals surface area contributed by atoms with Gasteiger partial charge in [-0.1, -0.05) is 12.1 Å². The van der Waals surface area contributed by atoms with Gasteiger partial charge in [0.25, 0.3) is 11.5 Å². The fourth-order valence-corrected chi connectivity index (χ4v) is 3.04. The van der Waals surface area contributed by atoms with Crippen molar-refractivity contribution in [2.45, 2.75) is 31.3 Å². The Balaban J connectivity index is 1.72. The summed E-state index contributed by atoms with van der Waals surface area (Å²) in [6.07, 6.45) is -1.15. The number of benzene rings is 1. The quantitative estimate of drug-likeness (QED) is 0.417. The van der Waals surface area contributed by atoms with Crippen LogP contribution in [0, 0.1) is 0 Å². The third-order valence-electron chi connectivity index (χ3n) is 4.52. The molecule has 150 valence electrons. The zero-order chi connectivity index (χ0) is 20.3. The maximum Gasteiger partial charge on any atom is 0.330 e. The molecule has 28 heavy (non-hydrogen) atoms. The number of aliphatic hydroxyl groups excluding tert-OH is 2. The van der Waals surface area contributed by atoms with Gasteiger partial charge in [-0.2, -0.15) is 0 Å². The number of nitrogens with zero attached hydrogens (tertiary/aromatic N) is 1. The number of carbonyl (C=O) groups is 1. The van der Waals surface area contributed by atoms with Crippen LogP contribution in [0.1, 0.15) is 28.6 Å². The van der Waals surface area contributed by atoms with E-state index in [0.29, 0.717) is 6.42 Å². The average Bonchev–Trinajstić information content (AvgIpc) is 3.02. The highest BCUT2D eigenvalue weighted by Crippen LogP contribution is 2.27. The summed E-state index contributed by atoms with van der Waals surface area (Å²) in [5.41, 5.74) is -1.09. The van der Waals surface area contributed by atoms with Gasteiger partial charge in [-0.25, -0.2) is 4.79 Å². The molecule has 0 unspecified atom stereocenters. The molecule has 1 amide bonds. The van der Waals surface area contributed by atoms with E-state index >= 15 is 0 Å². The first-order valence-electron chi connectivity index (χ1n) is 8.75. The van der Waals surface area contributed by atoms with Crippen LogP contribution in [0.4, 0.5) is 0 Å². The zero-order valence-corrected chi connectivity index (χ0v) is 14.9. The van der Waals surface area contributed by atoms with Crippen molar-refractivity contribution in [3.05, 3.63) is 62.4 Å². The molecule has 0 saturated carbocycles. The average molecular weight is 391 g/mol. The van der Waals surface area contributed by atoms with Gasteiger partial charge in [0.15, 0.2) is 0 Å². The molecule has 1 aliphatic rings. The van der Waals surface area contributed by atoms with Crippen molar-refractivity contribution in [2.75, 3.05) is 13.2 Å². The molecule has 3 rings (SSSR count). The molecular weight excluding hydrogens is 370 g/mol. The Bertz CT molecular complexity index is 968. The summed E-state index contributed by atoms with van der Waals surface area (Å²) in [5.74, 6) is -0.556. The van der Waals surface area contributed by atoms with Crippen molar-refractivity contribution in [2.24, 2.45) is 0 Å². The first kappa shape index (κ1) is 19.8. The van der Waals surface area contributed by atoms with E-state index in [4.69, 9.17) is 9.84 Å². The number of H-pyrrole nitrogens is 1. The Morgan fingerprint density at radius 2 is 2.14 bits per heavy atom. The van der Waals surface area contributed by atoms with Gasteiger partial charge < -0.3 is 25.4 Å². The van der Waals surface area contributed by atoms with E-state index in [2.05, 4.69) is 10.3 Å². The second kappa shape index (κ2) is 8.38. The van der Waals surface area contributed by atoms with E-state index in [1.54, 1.807) is 18.2 Å². The number of hydrogen-bond donors (Lipinski definition) is 5. The number of aliphatic hydroxyl groups is 2. The summed E-state index contributed by atoms with van der Waals surface area (Å²) in [4.78, 5) is 38.5. The summed E-state index contributed by atoms with van der Waals surface area (Å²) >= 11 is 0. The number of ether oxygens (including phenoxy) is 1. The van der Waals surface area contributed by atoms with Crippen LogP contribution in [-0.4, -0.2) is 56.1 Å². The van der Waals surface area contributed by atoms with Crippen LogP contribution in [0.15, 0.2) is 40.1 Å². The molecule has 10 nitrogen and oxygen atoms in total. The van der Waals surface area contributed by atoms with Crippen LogP contribution in [0.25, 0.3) is 0 Å². The summed E-state index contributed by atoms with van der Waals surface area (Å²) in [7, 11) is 0. The van der Waals surface area contributed by atoms with Gasteiger partial charge in [0.05, 0.1) is 12.7 Å². The lowest BCUT2D eigenvalue weighted by molar-refractivity contribution is -0.0459. The number of carbonyl (C=O) groups excluding carboxylic acids is 1. The van der Waals surface area contributed by atoms with Crippen LogP contribution in [0.5, 0.6) is 5.75 Å². The van der Waals surface area contributed by atoms with E-state index in [0.717, 1.165) is 16.3 Å². The van der Waals surface area contributed by atoms with E-state index in [1.165, 1.54) is 6.07 Å². The minimum absolute atomic E-state index is 0.0374. The van der Waals surface area contributed by atoms with Gasteiger partial charge in [-0.3, -0.25) is 19.1 Å². The molecule has 0 aliphatic carbocycles. The van der Waals surface area contributed by atoms with Crippen molar-refractivity contribution in [3.63, 3.8) is 0 Å². The predicted molar refractivity (Wildman–Crippen MR) is 97.1 cm³/mol. The molecule has 0 bridgehead atoms. The molecule has 0 spiro atoms. The van der Waals surface area contributed by atoms with Crippen LogP contribution < -0.4 is 16.6 Å². The lowest BCUT2D eigenvalue weighted by Gasteiger charge is -2.15. The second-order valence-corrected chi connectivity index (χ2v) is 6.50. The Labute approximate surface area is 159 Å². The number of hydrogen-bond acceptors (Lipinski definition) is 7. The van der Waals surface area contributed by atoms with Crippen molar-refractivity contribution < 1.29 is 24.9 Å². The minimum Gasteiger partial charge on any atom is -0.508 e. The molecule has 5 N–H and O–H groups in total. The maximum absolute atomic E-state index is 12.4. The van der Waals surface area contributed by atoms with E-state index in [1.807, 2.05) is 0 Å². The summed E-state index contributed by atoms with van der Waals surface area (Å²) in [5, 5.41) is 31.0. The SMILES string of the molecule is O=C(NCCc1cccc(O)c1)c1cn([C@H]2C[C@H](O)[C@@H](CO)O2)c(=O)[nH]c1=O. The number of amides is 1. The molecule has 2 heterocycles. The molecule has 10 heteroatoms. The predicted octanol–water partition coefficient (Wildman–Crippen LogP) is -1.14. The van der Waals surface area contributed by atoms with Crippen LogP contribution in [-0.2, 0) is 11.2 Å². The Morgan fingerprint density at radius 3 is 2.82 bits per heavy atom. The molecule has 1 aromatic carbocycles. The Morgan fingerprint density at radius 1 is 1.36 bits per heavy atom. The van der Waals surface area contributed by atoms with E-state index in [-0.39, 0.29) is 24.3 Å². The monoisotopic (exact) mass is 391 g/mol. The second-order valence-electron chi connectivity index (χ2n) is 6.50. The first-order chi connectivity index (χ1) is 13.4. The lowest BCUT2D eigenvalue weighted by atomic mass is 10.1. The number of nitrogens with one attached hydrogen (secondary N) is 2. The molecule has 1 saturated heterocycles. The number of aromatic hydroxyl groups is 1. The summed E-state index contributed by atoms with van der Waals surface area (Å²) in [6.45, 7) is -0.204. The van der Waals surface area contributed by atoms with Crippen molar-refractivity contribution in [1.82, 2.24) is 14.9 Å². The van der Waals surface area contributed by atoms with Gasteiger partial charge in [0, 0.05) is 19.2 Å². The molecule has 2 aromatic rings. The molecule has 3 atom stereocenters. The fraction of sp³-hybridized carbons (Fsp3) is 0.389. The first-order valence-corrected chi connectivity index (χ1v) is 8.75. The third kappa shape index (κ3) is 4.30. The highest BCUT2D eigenvalue weighted by Gasteiger charge is 2.35. The number of aromatic amines is 1. The van der Waals surface area contributed by atoms with E-state index in [9.17, 15) is 24.6 Å². The number of rotatable bonds is 6. The largest absolute Gasteiger partial charge is 0.508 e. The molecular formula is C18H21N3O7. The van der Waals surface area contributed by atoms with E-state index < -0.39 is 42.2 Å². The smallest absolute Gasteiger partial charge is 0.330 e. The summed E-state index contributed by atoms with van der Waals surface area (Å²) < 4.78 is 6.42. The molecule has 1 aliphatic heterocycles. The van der Waals surface area contributed by atoms with Crippen LogP contribution in [0.2, 0.25) is 0 Å². The molecule has 0 radical (unpaired) electrons. The van der Waals surface area contributed by atoms with Crippen LogP contribution >= 0.6 is 0 Å². The Kier molecular flexibility index (Phi) is 5.93. The zero-order valence-electron chi connectivity index (χ0n) is 14.9. The van der Waals surface area contributed by atoms with Gasteiger partial charge in [0.1, 0.15) is 23.6 Å². The fourth-order valence-electron chi connectivity index (χ4n) is 3.04.